The highest BCUT2D eigenvalue weighted by Crippen LogP contribution is 2.19. The average molecular weight is 866 g/mol. The van der Waals surface area contributed by atoms with Gasteiger partial charge in [-0.05, 0) is 90.3 Å². The van der Waals surface area contributed by atoms with Gasteiger partial charge in [-0.2, -0.15) is 0 Å². The summed E-state index contributed by atoms with van der Waals surface area (Å²) in [5.74, 6) is -2.86. The molecule has 0 radical (unpaired) electrons. The van der Waals surface area contributed by atoms with Gasteiger partial charge in [0.1, 0.15) is 0 Å². The molecule has 60 heavy (non-hydrogen) atoms. The Balaban J connectivity index is 1.46. The molecule has 7 N–H and O–H groups in total. The van der Waals surface area contributed by atoms with E-state index in [0.29, 0.717) is 45.3 Å². The molecular formula is C45H63N5O8S2. The highest BCUT2D eigenvalue weighted by atomic mass is 32.1. The Kier molecular flexibility index (Phi) is 21.4. The fourth-order valence-electron chi connectivity index (χ4n) is 6.08. The first-order valence-corrected chi connectivity index (χ1v) is 22.2. The summed E-state index contributed by atoms with van der Waals surface area (Å²) in [4.78, 5) is 56.6. The Morgan fingerprint density at radius 2 is 1.37 bits per heavy atom. The van der Waals surface area contributed by atoms with Crippen molar-refractivity contribution >= 4 is 52.0 Å². The van der Waals surface area contributed by atoms with E-state index in [1.54, 1.807) is 11.3 Å². The van der Waals surface area contributed by atoms with Gasteiger partial charge in [-0.25, -0.2) is 0 Å². The monoisotopic (exact) mass is 865 g/mol. The first kappa shape index (κ1) is 49.7. The van der Waals surface area contributed by atoms with Crippen LogP contribution in [0.1, 0.15) is 68.3 Å². The van der Waals surface area contributed by atoms with E-state index in [1.165, 1.54) is 21.1 Å². The molecule has 15 heteroatoms. The van der Waals surface area contributed by atoms with Crippen LogP contribution in [0.4, 0.5) is 5.69 Å². The Morgan fingerprint density at radius 3 is 1.92 bits per heavy atom. The lowest BCUT2D eigenvalue weighted by Gasteiger charge is -2.27. The number of nitrogens with one attached hydrogen (secondary N) is 3. The molecule has 328 valence electrons. The van der Waals surface area contributed by atoms with Gasteiger partial charge in [0.2, 0.25) is 0 Å². The van der Waals surface area contributed by atoms with Crippen LogP contribution >= 0.6 is 22.7 Å². The molecule has 0 saturated carbocycles. The van der Waals surface area contributed by atoms with Gasteiger partial charge in [-0.15, -0.1) is 22.7 Å². The maximum atomic E-state index is 13.2. The number of carbonyl (C=O) groups is 4. The number of anilines is 1. The zero-order valence-electron chi connectivity index (χ0n) is 35.4. The second-order valence-corrected chi connectivity index (χ2v) is 16.9. The first-order chi connectivity index (χ1) is 28.7. The zero-order chi connectivity index (χ0) is 44.2. The maximum Gasteiger partial charge on any atom is 0.254 e. The van der Waals surface area contributed by atoms with Crippen LogP contribution in [0, 0.1) is 5.92 Å². The smallest absolute Gasteiger partial charge is 0.254 e. The summed E-state index contributed by atoms with van der Waals surface area (Å²) >= 11 is 3.08. The van der Waals surface area contributed by atoms with E-state index in [-0.39, 0.29) is 32.1 Å². The fourth-order valence-corrected chi connectivity index (χ4v) is 7.68. The molecule has 0 saturated heterocycles. The summed E-state index contributed by atoms with van der Waals surface area (Å²) in [5, 5.41) is 54.9. The van der Waals surface area contributed by atoms with Gasteiger partial charge in [-0.3, -0.25) is 19.2 Å². The normalized spacial score (nSPS) is 13.7. The summed E-state index contributed by atoms with van der Waals surface area (Å²) in [6, 6.07) is 13.4. The molecule has 1 aromatic carbocycles. The van der Waals surface area contributed by atoms with Gasteiger partial charge in [0.05, 0.1) is 0 Å². The first-order valence-electron chi connectivity index (χ1n) is 20.5. The number of allylic oxidation sites excluding steroid dienone is 3. The predicted molar refractivity (Wildman–Crippen MR) is 239 cm³/mol. The Morgan fingerprint density at radius 1 is 0.783 bits per heavy atom. The van der Waals surface area contributed by atoms with Crippen LogP contribution in [-0.2, 0) is 45.1 Å². The third-order valence-corrected chi connectivity index (χ3v) is 11.6. The van der Waals surface area contributed by atoms with Crippen molar-refractivity contribution in [3.8, 4) is 0 Å². The highest BCUT2D eigenvalue weighted by molar-refractivity contribution is 7.10. The molecular weight excluding hydrogens is 803 g/mol. The largest absolute Gasteiger partial charge is 0.381 e. The van der Waals surface area contributed by atoms with Gasteiger partial charge in [0.15, 0.2) is 24.4 Å². The van der Waals surface area contributed by atoms with Crippen molar-refractivity contribution in [1.82, 2.24) is 20.4 Å². The summed E-state index contributed by atoms with van der Waals surface area (Å²) < 4.78 is 0. The molecule has 13 nitrogen and oxygen atoms in total. The lowest BCUT2D eigenvalue weighted by atomic mass is 10.0. The summed E-state index contributed by atoms with van der Waals surface area (Å²) in [6.45, 7) is 15.9. The van der Waals surface area contributed by atoms with Gasteiger partial charge in [0.25, 0.3) is 23.6 Å². The van der Waals surface area contributed by atoms with Crippen molar-refractivity contribution in [3.05, 3.63) is 110 Å². The average Bonchev–Trinajstić information content (AvgIpc) is 3.94. The van der Waals surface area contributed by atoms with Crippen molar-refractivity contribution in [2.75, 3.05) is 38.0 Å². The molecule has 3 aromatic rings. The van der Waals surface area contributed by atoms with Crippen LogP contribution in [0.25, 0.3) is 0 Å². The molecule has 0 fully saturated rings. The summed E-state index contributed by atoms with van der Waals surface area (Å²) in [7, 11) is 0. The highest BCUT2D eigenvalue weighted by Gasteiger charge is 2.34. The Bertz CT molecular complexity index is 1880. The molecule has 0 aliphatic carbocycles. The SMILES string of the molecule is C=C(/C=C(\C=C/C)CN(CCC)C(=O)C(O)C(O)C(=O)NCCc1cc(CNc2ccc(CN(CCC)C(=O)C(O)C(O)C(=O)NCCc3cccs3)cc2)cs1)C(C)C. The standard InChI is InChI=1S/C45H63N5O8S2/c1-7-11-33(24-31(6)30(4)5)28-50(22-9-3)45(58)41(54)39(52)43(56)47-20-18-37-25-34(29-60-37)26-48-35-15-13-32(14-16-35)27-49(21-8-2)44(57)40(53)38(51)42(55)46-19-17-36-12-10-23-59-36/h7,10-16,23-25,29-30,38-41,48,51-54H,6,8-9,17-22,26-28H2,1-5H3,(H,46,55)(H,47,56)/b11-7-,33-24+. The number of nitrogens with zero attached hydrogens (tertiary/aromatic N) is 2. The van der Waals surface area contributed by atoms with Crippen LogP contribution in [0.15, 0.2) is 89.2 Å². The van der Waals surface area contributed by atoms with Crippen molar-refractivity contribution in [2.45, 2.75) is 97.8 Å². The number of rotatable bonds is 26. The minimum absolute atomic E-state index is 0.190. The van der Waals surface area contributed by atoms with Crippen molar-refractivity contribution < 1.29 is 39.6 Å². The maximum absolute atomic E-state index is 13.2. The number of benzene rings is 1. The van der Waals surface area contributed by atoms with Crippen LogP contribution in [0.5, 0.6) is 0 Å². The van der Waals surface area contributed by atoms with E-state index >= 15 is 0 Å². The topological polar surface area (TPSA) is 192 Å². The van der Waals surface area contributed by atoms with Gasteiger partial charge in [-0.1, -0.05) is 76.3 Å². The van der Waals surface area contributed by atoms with Gasteiger partial charge in [0, 0.05) is 61.3 Å². The second-order valence-electron chi connectivity index (χ2n) is 14.9. The molecule has 0 aliphatic rings. The van der Waals surface area contributed by atoms with E-state index in [4.69, 9.17) is 0 Å². The molecule has 2 aromatic heterocycles. The number of hydrogen-bond acceptors (Lipinski definition) is 11. The van der Waals surface area contributed by atoms with Crippen LogP contribution in [-0.4, -0.2) is 111 Å². The van der Waals surface area contributed by atoms with Crippen LogP contribution in [0.2, 0.25) is 0 Å². The number of thiophene rings is 2. The summed E-state index contributed by atoms with van der Waals surface area (Å²) in [5.41, 5.74) is 4.40. The van der Waals surface area contributed by atoms with E-state index in [9.17, 15) is 39.6 Å². The van der Waals surface area contributed by atoms with E-state index in [1.807, 2.05) is 106 Å². The van der Waals surface area contributed by atoms with Gasteiger partial charge >= 0.3 is 0 Å². The molecule has 4 atom stereocenters. The number of amides is 4. The summed E-state index contributed by atoms with van der Waals surface area (Å²) in [6.07, 6.45) is 0.343. The van der Waals surface area contributed by atoms with E-state index in [2.05, 4.69) is 22.5 Å². The van der Waals surface area contributed by atoms with E-state index in [0.717, 1.165) is 37.7 Å². The molecule has 3 rings (SSSR count). The molecule has 0 aliphatic heterocycles. The van der Waals surface area contributed by atoms with E-state index < -0.39 is 48.0 Å². The van der Waals surface area contributed by atoms with Crippen LogP contribution in [0.3, 0.4) is 0 Å². The van der Waals surface area contributed by atoms with Crippen molar-refractivity contribution in [1.29, 1.82) is 0 Å². The number of aliphatic hydroxyl groups is 4. The third-order valence-electron chi connectivity index (χ3n) is 9.57. The molecule has 4 unspecified atom stereocenters. The second kappa shape index (κ2) is 25.9. The quantitative estimate of drug-likeness (QED) is 0.0567. The van der Waals surface area contributed by atoms with Crippen molar-refractivity contribution in [3.63, 3.8) is 0 Å². The minimum Gasteiger partial charge on any atom is -0.381 e. The van der Waals surface area contributed by atoms with Crippen molar-refractivity contribution in [2.24, 2.45) is 5.92 Å². The van der Waals surface area contributed by atoms with Crippen LogP contribution < -0.4 is 16.0 Å². The lowest BCUT2D eigenvalue weighted by Crippen LogP contribution is -2.51. The number of hydrogen-bond donors (Lipinski definition) is 7. The number of carbonyl (C=O) groups excluding carboxylic acids is 4. The fraction of sp³-hybridized carbons (Fsp3) is 0.467. The van der Waals surface area contributed by atoms with Gasteiger partial charge < -0.3 is 46.2 Å². The molecule has 0 spiro atoms. The molecule has 0 bridgehead atoms. The zero-order valence-corrected chi connectivity index (χ0v) is 37.1. The third kappa shape index (κ3) is 16.1. The number of aliphatic hydroxyl groups excluding tert-OH is 4. The Labute approximate surface area is 362 Å². The lowest BCUT2D eigenvalue weighted by molar-refractivity contribution is -0.153. The molecule has 2 heterocycles. The minimum atomic E-state index is -1.93. The predicted octanol–water partition coefficient (Wildman–Crippen LogP) is 4.57. The Hall–Kier alpha value is -4.64. The molecule has 4 amide bonds.